The van der Waals surface area contributed by atoms with Crippen LogP contribution in [0.15, 0.2) is 18.2 Å². The zero-order chi connectivity index (χ0) is 15.2. The summed E-state index contributed by atoms with van der Waals surface area (Å²) in [5, 5.41) is 9.73. The molecule has 1 aliphatic rings. The highest BCUT2D eigenvalue weighted by atomic mass is 16.5. The molecule has 1 aliphatic heterocycles. The highest BCUT2D eigenvalue weighted by molar-refractivity contribution is 5.38. The van der Waals surface area contributed by atoms with Crippen LogP contribution < -0.4 is 4.74 Å². The number of ether oxygens (including phenoxy) is 2. The second-order valence-corrected chi connectivity index (χ2v) is 5.93. The Morgan fingerprint density at radius 1 is 1.43 bits per heavy atom. The van der Waals surface area contributed by atoms with E-state index in [-0.39, 0.29) is 0 Å². The van der Waals surface area contributed by atoms with Gasteiger partial charge in [-0.1, -0.05) is 6.07 Å². The topological polar surface area (TPSA) is 41.9 Å². The molecule has 1 fully saturated rings. The summed E-state index contributed by atoms with van der Waals surface area (Å²) in [6.07, 6.45) is 3.48. The van der Waals surface area contributed by atoms with Crippen LogP contribution in [0.5, 0.6) is 5.75 Å². The van der Waals surface area contributed by atoms with Crippen molar-refractivity contribution in [3.8, 4) is 5.75 Å². The Labute approximate surface area is 127 Å². The van der Waals surface area contributed by atoms with Crippen molar-refractivity contribution >= 4 is 0 Å². The minimum Gasteiger partial charge on any atom is -0.496 e. The molecule has 118 valence electrons. The molecule has 4 heteroatoms. The van der Waals surface area contributed by atoms with Crippen LogP contribution in [0, 0.1) is 0 Å². The summed E-state index contributed by atoms with van der Waals surface area (Å²) in [7, 11) is 3.79. The molecule has 2 rings (SSSR count). The summed E-state index contributed by atoms with van der Waals surface area (Å²) in [4.78, 5) is 2.26. The molecule has 0 spiro atoms. The van der Waals surface area contributed by atoms with Crippen LogP contribution in [0.3, 0.4) is 0 Å². The van der Waals surface area contributed by atoms with Gasteiger partial charge in [-0.2, -0.15) is 0 Å². The van der Waals surface area contributed by atoms with E-state index in [1.807, 2.05) is 18.2 Å². The molecular weight excluding hydrogens is 266 g/mol. The molecule has 0 aromatic heterocycles. The first kappa shape index (κ1) is 16.3. The molecule has 1 N–H and O–H groups in total. The van der Waals surface area contributed by atoms with Gasteiger partial charge in [0, 0.05) is 25.3 Å². The fraction of sp³-hybridized carbons (Fsp3) is 0.647. The summed E-state index contributed by atoms with van der Waals surface area (Å²) >= 11 is 0. The van der Waals surface area contributed by atoms with Crippen LogP contribution in [0.2, 0.25) is 0 Å². The van der Waals surface area contributed by atoms with Gasteiger partial charge in [0.15, 0.2) is 0 Å². The SMILES string of the molecule is COc1ccc(C(C)O)cc1CN(C)CC1CCCCO1. The first-order chi connectivity index (χ1) is 10.1. The molecule has 2 atom stereocenters. The van der Waals surface area contributed by atoms with E-state index < -0.39 is 6.10 Å². The van der Waals surface area contributed by atoms with Crippen molar-refractivity contribution in [1.29, 1.82) is 0 Å². The molecule has 1 aromatic carbocycles. The molecule has 1 aromatic rings. The zero-order valence-electron chi connectivity index (χ0n) is 13.3. The molecule has 21 heavy (non-hydrogen) atoms. The lowest BCUT2D eigenvalue weighted by molar-refractivity contribution is -0.00268. The lowest BCUT2D eigenvalue weighted by Crippen LogP contribution is -2.33. The lowest BCUT2D eigenvalue weighted by atomic mass is 10.0. The van der Waals surface area contributed by atoms with Gasteiger partial charge in [0.1, 0.15) is 5.75 Å². The summed E-state index contributed by atoms with van der Waals surface area (Å²) in [6.45, 7) is 4.40. The smallest absolute Gasteiger partial charge is 0.123 e. The van der Waals surface area contributed by atoms with Crippen LogP contribution in [-0.4, -0.2) is 43.4 Å². The Balaban J connectivity index is 2.00. The van der Waals surface area contributed by atoms with Crippen LogP contribution in [-0.2, 0) is 11.3 Å². The predicted molar refractivity (Wildman–Crippen MR) is 83.6 cm³/mol. The average Bonchev–Trinajstić information content (AvgIpc) is 2.48. The van der Waals surface area contributed by atoms with Crippen molar-refractivity contribution in [2.45, 2.75) is 44.9 Å². The molecular formula is C17H27NO3. The Morgan fingerprint density at radius 2 is 2.24 bits per heavy atom. The number of nitrogens with zero attached hydrogens (tertiary/aromatic N) is 1. The van der Waals surface area contributed by atoms with Gasteiger partial charge >= 0.3 is 0 Å². The number of rotatable bonds is 6. The molecule has 0 radical (unpaired) electrons. The second-order valence-electron chi connectivity index (χ2n) is 5.93. The van der Waals surface area contributed by atoms with Gasteiger partial charge in [0.05, 0.1) is 19.3 Å². The molecule has 1 heterocycles. The standard InChI is InChI=1S/C17H27NO3/c1-13(19)14-7-8-17(20-3)15(10-14)11-18(2)12-16-6-4-5-9-21-16/h7-8,10,13,16,19H,4-6,9,11-12H2,1-3H3. The molecule has 0 aliphatic carbocycles. The Hall–Kier alpha value is -1.10. The van der Waals surface area contributed by atoms with Crippen molar-refractivity contribution < 1.29 is 14.6 Å². The van der Waals surface area contributed by atoms with E-state index in [1.165, 1.54) is 12.8 Å². The summed E-state index contributed by atoms with van der Waals surface area (Å²) in [5.41, 5.74) is 2.03. The van der Waals surface area contributed by atoms with Crippen molar-refractivity contribution in [3.63, 3.8) is 0 Å². The van der Waals surface area contributed by atoms with Crippen LogP contribution in [0.25, 0.3) is 0 Å². The fourth-order valence-corrected chi connectivity index (χ4v) is 2.84. The molecule has 0 amide bonds. The van der Waals surface area contributed by atoms with Gasteiger partial charge < -0.3 is 14.6 Å². The first-order valence-corrected chi connectivity index (χ1v) is 7.75. The largest absolute Gasteiger partial charge is 0.496 e. The third-order valence-electron chi connectivity index (χ3n) is 4.02. The summed E-state index contributed by atoms with van der Waals surface area (Å²) in [6, 6.07) is 5.88. The highest BCUT2D eigenvalue weighted by Gasteiger charge is 2.17. The zero-order valence-corrected chi connectivity index (χ0v) is 13.3. The number of hydrogen-bond donors (Lipinski definition) is 1. The van der Waals surface area contributed by atoms with E-state index in [0.29, 0.717) is 6.10 Å². The number of hydrogen-bond acceptors (Lipinski definition) is 4. The Bertz CT molecular complexity index is 442. The summed E-state index contributed by atoms with van der Waals surface area (Å²) < 4.78 is 11.2. The van der Waals surface area contributed by atoms with Crippen molar-refractivity contribution in [1.82, 2.24) is 4.90 Å². The molecule has 4 nitrogen and oxygen atoms in total. The number of aliphatic hydroxyl groups is 1. The molecule has 0 bridgehead atoms. The molecule has 1 saturated heterocycles. The van der Waals surface area contributed by atoms with E-state index in [4.69, 9.17) is 9.47 Å². The minimum absolute atomic E-state index is 0.342. The highest BCUT2D eigenvalue weighted by Crippen LogP contribution is 2.25. The minimum atomic E-state index is -0.457. The van der Waals surface area contributed by atoms with Crippen molar-refractivity contribution in [3.05, 3.63) is 29.3 Å². The van der Waals surface area contributed by atoms with Gasteiger partial charge in [0.2, 0.25) is 0 Å². The second kappa shape index (κ2) is 7.78. The third-order valence-corrected chi connectivity index (χ3v) is 4.02. The van der Waals surface area contributed by atoms with E-state index in [0.717, 1.165) is 43.0 Å². The van der Waals surface area contributed by atoms with E-state index in [2.05, 4.69) is 11.9 Å². The first-order valence-electron chi connectivity index (χ1n) is 7.75. The van der Waals surface area contributed by atoms with Gasteiger partial charge in [-0.15, -0.1) is 0 Å². The number of methoxy groups -OCH3 is 1. The number of aliphatic hydroxyl groups excluding tert-OH is 1. The summed E-state index contributed by atoms with van der Waals surface area (Å²) in [5.74, 6) is 0.871. The van der Waals surface area contributed by atoms with Gasteiger partial charge in [-0.25, -0.2) is 0 Å². The maximum absolute atomic E-state index is 9.73. The van der Waals surface area contributed by atoms with E-state index in [9.17, 15) is 5.11 Å². The quantitative estimate of drug-likeness (QED) is 0.875. The number of benzene rings is 1. The van der Waals surface area contributed by atoms with Crippen molar-refractivity contribution in [2.75, 3.05) is 27.3 Å². The van der Waals surface area contributed by atoms with E-state index in [1.54, 1.807) is 14.0 Å². The van der Waals surface area contributed by atoms with Gasteiger partial charge in [-0.05, 0) is 50.9 Å². The Kier molecular flexibility index (Phi) is 6.03. The molecule has 2 unspecified atom stereocenters. The normalized spacial score (nSPS) is 20.5. The maximum Gasteiger partial charge on any atom is 0.123 e. The fourth-order valence-electron chi connectivity index (χ4n) is 2.84. The third kappa shape index (κ3) is 4.70. The molecule has 0 saturated carbocycles. The lowest BCUT2D eigenvalue weighted by Gasteiger charge is -2.28. The van der Waals surface area contributed by atoms with Crippen molar-refractivity contribution in [2.24, 2.45) is 0 Å². The number of likely N-dealkylation sites (N-methyl/N-ethyl adjacent to an activating group) is 1. The Morgan fingerprint density at radius 3 is 2.86 bits per heavy atom. The predicted octanol–water partition coefficient (Wildman–Crippen LogP) is 2.75. The maximum atomic E-state index is 9.73. The van der Waals surface area contributed by atoms with Gasteiger partial charge in [-0.3, -0.25) is 4.90 Å². The van der Waals surface area contributed by atoms with E-state index >= 15 is 0 Å². The van der Waals surface area contributed by atoms with Gasteiger partial charge in [0.25, 0.3) is 0 Å². The average molecular weight is 293 g/mol. The monoisotopic (exact) mass is 293 g/mol. The van der Waals surface area contributed by atoms with Crippen LogP contribution in [0.1, 0.15) is 43.4 Å². The van der Waals surface area contributed by atoms with Crippen LogP contribution >= 0.6 is 0 Å². The van der Waals surface area contributed by atoms with Crippen LogP contribution in [0.4, 0.5) is 0 Å².